The molecule has 144 valence electrons. The first-order valence-electron chi connectivity index (χ1n) is 10.0. The van der Waals surface area contributed by atoms with Gasteiger partial charge in [0.2, 0.25) is 5.91 Å². The number of hydrogen-bond donors (Lipinski definition) is 1. The minimum absolute atomic E-state index is 0.0507. The Morgan fingerprint density at radius 2 is 2.00 bits per heavy atom. The van der Waals surface area contributed by atoms with E-state index in [9.17, 15) is 4.79 Å². The smallest absolute Gasteiger partial charge is 0.217 e. The molecule has 1 aliphatic carbocycles. The molecule has 0 radical (unpaired) electrons. The van der Waals surface area contributed by atoms with Crippen LogP contribution < -0.4 is 5.32 Å². The van der Waals surface area contributed by atoms with Crippen LogP contribution >= 0.6 is 0 Å². The molecule has 3 rings (SSSR count). The van der Waals surface area contributed by atoms with E-state index < -0.39 is 0 Å². The number of carbonyl (C=O) groups excluding carboxylic acids is 1. The minimum atomic E-state index is -0.215. The molecular formula is C22H34N2O2. The number of hydrogen-bond acceptors (Lipinski definition) is 3. The number of nitrogens with zero attached hydrogens (tertiary/aromatic N) is 1. The third-order valence-electron chi connectivity index (χ3n) is 5.87. The molecule has 1 amide bonds. The summed E-state index contributed by atoms with van der Waals surface area (Å²) in [5.74, 6) is 0.0507. The molecule has 1 N–H and O–H groups in total. The second-order valence-corrected chi connectivity index (χ2v) is 9.07. The van der Waals surface area contributed by atoms with Crippen LogP contribution in [0.1, 0.15) is 64.5 Å². The fourth-order valence-corrected chi connectivity index (χ4v) is 4.41. The van der Waals surface area contributed by atoms with Crippen molar-refractivity contribution < 1.29 is 9.53 Å². The van der Waals surface area contributed by atoms with Crippen molar-refractivity contribution in [1.29, 1.82) is 0 Å². The van der Waals surface area contributed by atoms with E-state index in [-0.39, 0.29) is 23.0 Å². The van der Waals surface area contributed by atoms with Crippen LogP contribution in [0.25, 0.3) is 0 Å². The van der Waals surface area contributed by atoms with Gasteiger partial charge in [0.05, 0.1) is 12.6 Å². The van der Waals surface area contributed by atoms with E-state index in [4.69, 9.17) is 4.74 Å². The Hall–Kier alpha value is -1.39. The van der Waals surface area contributed by atoms with E-state index in [1.807, 2.05) is 0 Å². The second-order valence-electron chi connectivity index (χ2n) is 9.07. The summed E-state index contributed by atoms with van der Waals surface area (Å²) in [5, 5.41) is 3.16. The number of morpholine rings is 1. The summed E-state index contributed by atoms with van der Waals surface area (Å²) in [6, 6.07) is 9.17. The number of ether oxygens (including phenoxy) is 1. The number of benzene rings is 1. The highest BCUT2D eigenvalue weighted by atomic mass is 16.5. The van der Waals surface area contributed by atoms with Crippen molar-refractivity contribution in [1.82, 2.24) is 10.2 Å². The molecule has 26 heavy (non-hydrogen) atoms. The van der Waals surface area contributed by atoms with Crippen molar-refractivity contribution in [3.63, 3.8) is 0 Å². The Balaban J connectivity index is 1.68. The van der Waals surface area contributed by atoms with Crippen LogP contribution in [0.5, 0.6) is 0 Å². The fourth-order valence-electron chi connectivity index (χ4n) is 4.41. The summed E-state index contributed by atoms with van der Waals surface area (Å²) in [5.41, 5.74) is 2.70. The molecule has 0 bridgehead atoms. The highest BCUT2D eigenvalue weighted by molar-refractivity contribution is 5.73. The molecule has 1 spiro atoms. The van der Waals surface area contributed by atoms with E-state index in [1.165, 1.54) is 24.0 Å². The first-order valence-corrected chi connectivity index (χ1v) is 10.0. The summed E-state index contributed by atoms with van der Waals surface area (Å²) in [7, 11) is 0. The highest BCUT2D eigenvalue weighted by Gasteiger charge is 2.45. The van der Waals surface area contributed by atoms with E-state index in [0.717, 1.165) is 39.1 Å². The summed E-state index contributed by atoms with van der Waals surface area (Å²) >= 11 is 0. The van der Waals surface area contributed by atoms with Gasteiger partial charge in [0.1, 0.15) is 5.60 Å². The van der Waals surface area contributed by atoms with Gasteiger partial charge in [-0.3, -0.25) is 9.69 Å². The van der Waals surface area contributed by atoms with Gasteiger partial charge in [-0.25, -0.2) is 0 Å². The first kappa shape index (κ1) is 19.4. The third kappa shape index (κ3) is 4.47. The average molecular weight is 359 g/mol. The van der Waals surface area contributed by atoms with E-state index in [2.05, 4.69) is 55.3 Å². The van der Waals surface area contributed by atoms with Gasteiger partial charge >= 0.3 is 0 Å². The Kier molecular flexibility index (Phi) is 5.73. The number of carbonyl (C=O) groups is 1. The lowest BCUT2D eigenvalue weighted by Crippen LogP contribution is -2.63. The standard InChI is InChI=1S/C22H34N2O2/c1-17(25)23-20-7-5-6-12-22(20)16-24(13-14-26-22)15-18-8-10-19(11-9-18)21(2,3)4/h8-11,20H,5-7,12-16H2,1-4H3,(H,23,25)/t20-,22+/m1/s1. The van der Waals surface area contributed by atoms with Crippen molar-refractivity contribution in [3.8, 4) is 0 Å². The molecule has 2 atom stereocenters. The lowest BCUT2D eigenvalue weighted by Gasteiger charge is -2.49. The zero-order chi connectivity index (χ0) is 18.8. The molecule has 1 saturated carbocycles. The van der Waals surface area contributed by atoms with Crippen LogP contribution in [0, 0.1) is 0 Å². The van der Waals surface area contributed by atoms with Crippen LogP contribution in [0.2, 0.25) is 0 Å². The first-order chi connectivity index (χ1) is 12.3. The maximum absolute atomic E-state index is 11.6. The van der Waals surface area contributed by atoms with Crippen LogP contribution in [-0.2, 0) is 21.5 Å². The maximum Gasteiger partial charge on any atom is 0.217 e. The van der Waals surface area contributed by atoms with Gasteiger partial charge in [0.25, 0.3) is 0 Å². The van der Waals surface area contributed by atoms with E-state index in [1.54, 1.807) is 6.92 Å². The highest BCUT2D eigenvalue weighted by Crippen LogP contribution is 2.35. The van der Waals surface area contributed by atoms with Crippen LogP contribution in [0.3, 0.4) is 0 Å². The van der Waals surface area contributed by atoms with Gasteiger partial charge in [0.15, 0.2) is 0 Å². The SMILES string of the molecule is CC(=O)N[C@@H]1CCCC[C@]12CN(Cc1ccc(C(C)(C)C)cc1)CCO2. The minimum Gasteiger partial charge on any atom is -0.370 e. The largest absolute Gasteiger partial charge is 0.370 e. The predicted molar refractivity (Wildman–Crippen MR) is 105 cm³/mol. The summed E-state index contributed by atoms with van der Waals surface area (Å²) in [4.78, 5) is 14.1. The van der Waals surface area contributed by atoms with Crippen molar-refractivity contribution in [3.05, 3.63) is 35.4 Å². The monoisotopic (exact) mass is 358 g/mol. The third-order valence-corrected chi connectivity index (χ3v) is 5.87. The molecule has 4 nitrogen and oxygen atoms in total. The van der Waals surface area contributed by atoms with Gasteiger partial charge in [0, 0.05) is 26.6 Å². The lowest BCUT2D eigenvalue weighted by atomic mass is 9.78. The zero-order valence-corrected chi connectivity index (χ0v) is 16.8. The lowest BCUT2D eigenvalue weighted by molar-refractivity contribution is -0.150. The Morgan fingerprint density at radius 3 is 2.65 bits per heavy atom. The van der Waals surface area contributed by atoms with Crippen molar-refractivity contribution in [2.45, 2.75) is 77.0 Å². The molecule has 2 aliphatic rings. The molecule has 0 unspecified atom stereocenters. The van der Waals surface area contributed by atoms with E-state index in [0.29, 0.717) is 0 Å². The van der Waals surface area contributed by atoms with Gasteiger partial charge in [-0.15, -0.1) is 0 Å². The molecule has 4 heteroatoms. The normalized spacial score (nSPS) is 27.5. The van der Waals surface area contributed by atoms with Crippen LogP contribution in [-0.4, -0.2) is 42.1 Å². The maximum atomic E-state index is 11.6. The summed E-state index contributed by atoms with van der Waals surface area (Å²) in [6.07, 6.45) is 4.42. The fraction of sp³-hybridized carbons (Fsp3) is 0.682. The molecule has 1 heterocycles. The Morgan fingerprint density at radius 1 is 1.27 bits per heavy atom. The van der Waals surface area contributed by atoms with Gasteiger partial charge in [-0.1, -0.05) is 57.9 Å². The quantitative estimate of drug-likeness (QED) is 0.897. The van der Waals surface area contributed by atoms with Crippen molar-refractivity contribution in [2.75, 3.05) is 19.7 Å². The Labute approximate surface area is 158 Å². The van der Waals surface area contributed by atoms with Crippen LogP contribution in [0.15, 0.2) is 24.3 Å². The molecule has 1 aromatic rings. The topological polar surface area (TPSA) is 41.6 Å². The zero-order valence-electron chi connectivity index (χ0n) is 16.8. The number of rotatable bonds is 3. The average Bonchev–Trinajstić information content (AvgIpc) is 2.57. The molecule has 2 fully saturated rings. The van der Waals surface area contributed by atoms with Gasteiger partial charge < -0.3 is 10.1 Å². The number of amides is 1. The molecular weight excluding hydrogens is 324 g/mol. The van der Waals surface area contributed by atoms with E-state index >= 15 is 0 Å². The van der Waals surface area contributed by atoms with Gasteiger partial charge in [-0.2, -0.15) is 0 Å². The van der Waals surface area contributed by atoms with Crippen LogP contribution in [0.4, 0.5) is 0 Å². The Bertz CT molecular complexity index is 616. The second kappa shape index (κ2) is 7.69. The van der Waals surface area contributed by atoms with Crippen molar-refractivity contribution >= 4 is 5.91 Å². The molecule has 1 saturated heterocycles. The number of nitrogens with one attached hydrogen (secondary N) is 1. The van der Waals surface area contributed by atoms with Gasteiger partial charge in [-0.05, 0) is 29.4 Å². The predicted octanol–water partition coefficient (Wildman–Crippen LogP) is 3.63. The molecule has 1 aromatic carbocycles. The molecule has 0 aromatic heterocycles. The summed E-state index contributed by atoms with van der Waals surface area (Å²) < 4.78 is 6.30. The van der Waals surface area contributed by atoms with Crippen molar-refractivity contribution in [2.24, 2.45) is 0 Å². The summed E-state index contributed by atoms with van der Waals surface area (Å²) in [6.45, 7) is 11.9. The molecule has 1 aliphatic heterocycles.